The van der Waals surface area contributed by atoms with Crippen molar-refractivity contribution in [1.29, 1.82) is 0 Å². The number of halogens is 1. The van der Waals surface area contributed by atoms with E-state index in [1.165, 1.54) is 89.0 Å². The number of ether oxygens (including phenoxy) is 1. The summed E-state index contributed by atoms with van der Waals surface area (Å²) in [6, 6.07) is 8.87. The van der Waals surface area contributed by atoms with Gasteiger partial charge in [0.15, 0.2) is 0 Å². The highest BCUT2D eigenvalue weighted by Crippen LogP contribution is 2.42. The van der Waals surface area contributed by atoms with Crippen molar-refractivity contribution < 1.29 is 9.13 Å². The third-order valence-electron chi connectivity index (χ3n) is 8.09. The molecule has 0 saturated heterocycles. The van der Waals surface area contributed by atoms with Gasteiger partial charge in [0.05, 0.1) is 13.3 Å². The summed E-state index contributed by atoms with van der Waals surface area (Å²) in [5.41, 5.74) is 1.46. The second-order valence-corrected chi connectivity index (χ2v) is 10.5. The highest BCUT2D eigenvalue weighted by atomic mass is 19.1. The molecular weight excluding hydrogens is 395 g/mol. The van der Waals surface area contributed by atoms with Gasteiger partial charge in [-0.2, -0.15) is 0 Å². The van der Waals surface area contributed by atoms with E-state index in [9.17, 15) is 4.39 Å². The molecule has 1 aromatic carbocycles. The zero-order chi connectivity index (χ0) is 22.4. The van der Waals surface area contributed by atoms with E-state index in [0.29, 0.717) is 12.3 Å². The maximum atomic E-state index is 12.3. The van der Waals surface area contributed by atoms with Crippen LogP contribution in [0.1, 0.15) is 102 Å². The lowest BCUT2D eigenvalue weighted by Crippen LogP contribution is -2.25. The van der Waals surface area contributed by atoms with Crippen LogP contribution in [0.15, 0.2) is 36.4 Å². The molecule has 0 amide bonds. The largest absolute Gasteiger partial charge is 0.494 e. The van der Waals surface area contributed by atoms with Crippen LogP contribution in [-0.4, -0.2) is 13.3 Å². The first kappa shape index (κ1) is 25.3. The predicted octanol–water partition coefficient (Wildman–Crippen LogP) is 9.11. The van der Waals surface area contributed by atoms with Crippen molar-refractivity contribution in [3.63, 3.8) is 0 Å². The summed E-state index contributed by atoms with van der Waals surface area (Å²) in [6.07, 6.45) is 23.7. The number of unbranched alkanes of at least 4 members (excludes halogenated alkanes) is 3. The minimum atomic E-state index is -0.214. The topological polar surface area (TPSA) is 9.23 Å². The van der Waals surface area contributed by atoms with Crippen LogP contribution in [0.2, 0.25) is 0 Å². The number of alkyl halides is 1. The Morgan fingerprint density at radius 3 is 2.22 bits per heavy atom. The Bertz CT molecular complexity index is 621. The van der Waals surface area contributed by atoms with E-state index in [2.05, 4.69) is 43.3 Å². The van der Waals surface area contributed by atoms with Gasteiger partial charge in [-0.25, -0.2) is 0 Å². The van der Waals surface area contributed by atoms with Gasteiger partial charge in [0.1, 0.15) is 5.75 Å². The van der Waals surface area contributed by atoms with E-state index in [-0.39, 0.29) is 6.67 Å². The molecule has 0 unspecified atom stereocenters. The summed E-state index contributed by atoms with van der Waals surface area (Å²) < 4.78 is 18.2. The van der Waals surface area contributed by atoms with E-state index in [1.807, 2.05) is 0 Å². The SMILES string of the molecule is CCCCCCOc1ccc(CCC2CCC([C@H]3CC[C@H](/C=C/CCF)CC3)CC2)cc1. The second kappa shape index (κ2) is 14.8. The highest BCUT2D eigenvalue weighted by molar-refractivity contribution is 5.27. The lowest BCUT2D eigenvalue weighted by Gasteiger charge is -2.37. The van der Waals surface area contributed by atoms with Crippen molar-refractivity contribution in [2.45, 2.75) is 103 Å². The first-order chi connectivity index (χ1) is 15.8. The molecule has 32 heavy (non-hydrogen) atoms. The fraction of sp³-hybridized carbons (Fsp3) is 0.733. The van der Waals surface area contributed by atoms with Crippen LogP contribution in [0.25, 0.3) is 0 Å². The average Bonchev–Trinajstić information content (AvgIpc) is 2.84. The van der Waals surface area contributed by atoms with Crippen LogP contribution >= 0.6 is 0 Å². The molecular formula is C30H47FO. The Labute approximate surface area is 197 Å². The summed E-state index contributed by atoms with van der Waals surface area (Å²) >= 11 is 0. The smallest absolute Gasteiger partial charge is 0.119 e. The van der Waals surface area contributed by atoms with Crippen molar-refractivity contribution in [3.8, 4) is 5.75 Å². The molecule has 2 heteroatoms. The molecule has 2 fully saturated rings. The summed E-state index contributed by atoms with van der Waals surface area (Å²) in [4.78, 5) is 0. The monoisotopic (exact) mass is 442 g/mol. The Morgan fingerprint density at radius 1 is 0.875 bits per heavy atom. The van der Waals surface area contributed by atoms with Crippen LogP contribution in [0.4, 0.5) is 4.39 Å². The van der Waals surface area contributed by atoms with Crippen LogP contribution in [-0.2, 0) is 6.42 Å². The third kappa shape index (κ3) is 8.91. The summed E-state index contributed by atoms with van der Waals surface area (Å²) in [6.45, 7) is 2.88. The van der Waals surface area contributed by atoms with E-state index in [0.717, 1.165) is 36.5 Å². The molecule has 0 bridgehead atoms. The molecule has 0 aromatic heterocycles. The maximum Gasteiger partial charge on any atom is 0.119 e. The normalized spacial score (nSPS) is 26.4. The summed E-state index contributed by atoms with van der Waals surface area (Å²) in [5.74, 6) is 4.58. The first-order valence-electron chi connectivity index (χ1n) is 13.7. The standard InChI is InChI=1S/C30H47FO/c1-2-3-4-7-24-32-30-21-15-27(16-22-30)10-9-26-13-19-29(20-14-26)28-17-11-25(12-18-28)8-5-6-23-31/h5,8,15-16,21-22,25-26,28-29H,2-4,6-7,9-14,17-20,23-24H2,1H3/b8-5+/t25-,26?,28-,29?. The van der Waals surface area contributed by atoms with Crippen LogP contribution in [0, 0.1) is 23.7 Å². The fourth-order valence-electron chi connectivity index (χ4n) is 5.95. The van der Waals surface area contributed by atoms with E-state index < -0.39 is 0 Å². The van der Waals surface area contributed by atoms with Crippen molar-refractivity contribution in [2.75, 3.05) is 13.3 Å². The molecule has 1 nitrogen and oxygen atoms in total. The van der Waals surface area contributed by atoms with Gasteiger partial charge >= 0.3 is 0 Å². The number of rotatable bonds is 13. The molecule has 180 valence electrons. The Morgan fingerprint density at radius 2 is 1.56 bits per heavy atom. The van der Waals surface area contributed by atoms with Crippen molar-refractivity contribution >= 4 is 0 Å². The molecule has 0 atom stereocenters. The van der Waals surface area contributed by atoms with E-state index in [4.69, 9.17) is 4.74 Å². The molecule has 1 aromatic rings. The van der Waals surface area contributed by atoms with E-state index in [1.54, 1.807) is 0 Å². The average molecular weight is 443 g/mol. The lowest BCUT2D eigenvalue weighted by molar-refractivity contribution is 0.152. The molecule has 2 saturated carbocycles. The van der Waals surface area contributed by atoms with Crippen LogP contribution < -0.4 is 4.74 Å². The lowest BCUT2D eigenvalue weighted by atomic mass is 9.68. The minimum Gasteiger partial charge on any atom is -0.494 e. The quantitative estimate of drug-likeness (QED) is 0.218. The zero-order valence-electron chi connectivity index (χ0n) is 20.6. The van der Waals surface area contributed by atoms with Gasteiger partial charge in [-0.1, -0.05) is 63.3 Å². The van der Waals surface area contributed by atoms with Crippen molar-refractivity contribution in [1.82, 2.24) is 0 Å². The third-order valence-corrected chi connectivity index (χ3v) is 8.09. The minimum absolute atomic E-state index is 0.214. The Hall–Kier alpha value is -1.31. The van der Waals surface area contributed by atoms with Crippen LogP contribution in [0.5, 0.6) is 5.75 Å². The second-order valence-electron chi connectivity index (χ2n) is 10.5. The molecule has 2 aliphatic rings. The van der Waals surface area contributed by atoms with Gasteiger partial charge in [0.25, 0.3) is 0 Å². The number of hydrogen-bond donors (Lipinski definition) is 0. The molecule has 0 N–H and O–H groups in total. The molecule has 3 rings (SSSR count). The van der Waals surface area contributed by atoms with Gasteiger partial charge in [-0.3, -0.25) is 4.39 Å². The zero-order valence-corrected chi connectivity index (χ0v) is 20.6. The Balaban J connectivity index is 1.28. The summed E-state index contributed by atoms with van der Waals surface area (Å²) in [7, 11) is 0. The predicted molar refractivity (Wildman–Crippen MR) is 135 cm³/mol. The number of allylic oxidation sites excluding steroid dienone is 2. The Kier molecular flexibility index (Phi) is 11.7. The molecule has 0 spiro atoms. The van der Waals surface area contributed by atoms with Gasteiger partial charge in [0.2, 0.25) is 0 Å². The number of benzene rings is 1. The maximum absolute atomic E-state index is 12.3. The highest BCUT2D eigenvalue weighted by Gasteiger charge is 2.30. The number of hydrogen-bond acceptors (Lipinski definition) is 1. The van der Waals surface area contributed by atoms with Crippen molar-refractivity contribution in [3.05, 3.63) is 42.0 Å². The van der Waals surface area contributed by atoms with Gasteiger partial charge in [-0.05, 0) is 106 Å². The van der Waals surface area contributed by atoms with Crippen LogP contribution in [0.3, 0.4) is 0 Å². The van der Waals surface area contributed by atoms with Crippen molar-refractivity contribution in [2.24, 2.45) is 23.7 Å². The molecule has 0 aliphatic heterocycles. The molecule has 0 heterocycles. The summed E-state index contributed by atoms with van der Waals surface area (Å²) in [5, 5.41) is 0. The van der Waals surface area contributed by atoms with Gasteiger partial charge in [-0.15, -0.1) is 0 Å². The van der Waals surface area contributed by atoms with Gasteiger partial charge in [0, 0.05) is 0 Å². The number of aryl methyl sites for hydroxylation is 1. The molecule has 2 aliphatic carbocycles. The first-order valence-corrected chi connectivity index (χ1v) is 13.7. The molecule has 0 radical (unpaired) electrons. The van der Waals surface area contributed by atoms with Gasteiger partial charge < -0.3 is 4.74 Å². The fourth-order valence-corrected chi connectivity index (χ4v) is 5.95. The van der Waals surface area contributed by atoms with E-state index >= 15 is 0 Å².